The zero-order valence-corrected chi connectivity index (χ0v) is 12.0. The van der Waals surface area contributed by atoms with Crippen molar-refractivity contribution in [1.82, 2.24) is 9.78 Å². The van der Waals surface area contributed by atoms with Crippen LogP contribution in [0.5, 0.6) is 0 Å². The zero-order chi connectivity index (χ0) is 15.0. The lowest BCUT2D eigenvalue weighted by Gasteiger charge is -2.27. The molecule has 1 fully saturated rings. The van der Waals surface area contributed by atoms with Crippen LogP contribution in [-0.2, 0) is 7.05 Å². The van der Waals surface area contributed by atoms with E-state index in [1.165, 1.54) is 0 Å². The summed E-state index contributed by atoms with van der Waals surface area (Å²) in [5, 5.41) is 4.50. The van der Waals surface area contributed by atoms with Crippen molar-refractivity contribution in [2.75, 3.05) is 5.73 Å². The summed E-state index contributed by atoms with van der Waals surface area (Å²) in [6.45, 7) is 0. The summed E-state index contributed by atoms with van der Waals surface area (Å²) >= 11 is 0. The van der Waals surface area contributed by atoms with Gasteiger partial charge in [0, 0.05) is 31.4 Å². The minimum Gasteiger partial charge on any atom is -0.383 e. The van der Waals surface area contributed by atoms with Crippen molar-refractivity contribution in [3.8, 4) is 11.1 Å². The lowest BCUT2D eigenvalue weighted by atomic mass is 9.82. The molecule has 1 heterocycles. The molecule has 0 atom stereocenters. The van der Waals surface area contributed by atoms with Gasteiger partial charge in [0.25, 0.3) is 0 Å². The molecule has 112 valence electrons. The van der Waals surface area contributed by atoms with E-state index < -0.39 is 5.92 Å². The SMILES string of the molecule is Cn1nc(C2CCC(F)(F)CC2)c(-c2ccccc2)c1N. The number of aryl methyl sites for hydroxylation is 1. The molecule has 0 amide bonds. The predicted molar refractivity (Wildman–Crippen MR) is 79.2 cm³/mol. The van der Waals surface area contributed by atoms with Crippen LogP contribution in [0.4, 0.5) is 14.6 Å². The van der Waals surface area contributed by atoms with Gasteiger partial charge in [-0.25, -0.2) is 8.78 Å². The number of aromatic nitrogens is 2. The molecule has 5 heteroatoms. The van der Waals surface area contributed by atoms with Crippen molar-refractivity contribution in [3.63, 3.8) is 0 Å². The van der Waals surface area contributed by atoms with E-state index in [0.29, 0.717) is 18.7 Å². The van der Waals surface area contributed by atoms with Gasteiger partial charge in [-0.2, -0.15) is 5.10 Å². The van der Waals surface area contributed by atoms with Crippen molar-refractivity contribution >= 4 is 5.82 Å². The maximum absolute atomic E-state index is 13.4. The monoisotopic (exact) mass is 291 g/mol. The zero-order valence-electron chi connectivity index (χ0n) is 12.0. The third-order valence-corrected chi connectivity index (χ3v) is 4.28. The average molecular weight is 291 g/mol. The van der Waals surface area contributed by atoms with Crippen molar-refractivity contribution in [2.24, 2.45) is 7.05 Å². The fourth-order valence-corrected chi connectivity index (χ4v) is 3.06. The summed E-state index contributed by atoms with van der Waals surface area (Å²) in [6, 6.07) is 9.79. The Morgan fingerprint density at radius 1 is 1.19 bits per heavy atom. The molecule has 0 unspecified atom stereocenters. The Morgan fingerprint density at radius 3 is 2.43 bits per heavy atom. The quantitative estimate of drug-likeness (QED) is 0.910. The van der Waals surface area contributed by atoms with Crippen LogP contribution < -0.4 is 5.73 Å². The number of benzene rings is 1. The molecule has 1 saturated carbocycles. The maximum atomic E-state index is 13.4. The second-order valence-corrected chi connectivity index (χ2v) is 5.77. The van der Waals surface area contributed by atoms with Crippen molar-refractivity contribution in [1.29, 1.82) is 0 Å². The van der Waals surface area contributed by atoms with Gasteiger partial charge in [-0.1, -0.05) is 30.3 Å². The van der Waals surface area contributed by atoms with Crippen LogP contribution in [-0.4, -0.2) is 15.7 Å². The molecule has 2 aromatic rings. The van der Waals surface area contributed by atoms with Gasteiger partial charge in [0.2, 0.25) is 5.92 Å². The summed E-state index contributed by atoms with van der Waals surface area (Å²) < 4.78 is 28.3. The summed E-state index contributed by atoms with van der Waals surface area (Å²) in [7, 11) is 1.79. The van der Waals surface area contributed by atoms with Crippen molar-refractivity contribution in [3.05, 3.63) is 36.0 Å². The number of nitrogens with two attached hydrogens (primary N) is 1. The smallest absolute Gasteiger partial charge is 0.248 e. The van der Waals surface area contributed by atoms with Crippen LogP contribution in [0.25, 0.3) is 11.1 Å². The van der Waals surface area contributed by atoms with Crippen LogP contribution >= 0.6 is 0 Å². The number of nitrogen functional groups attached to an aromatic ring is 1. The first-order valence-corrected chi connectivity index (χ1v) is 7.23. The van der Waals surface area contributed by atoms with E-state index in [0.717, 1.165) is 16.8 Å². The molecule has 3 nitrogen and oxygen atoms in total. The lowest BCUT2D eigenvalue weighted by molar-refractivity contribution is -0.0384. The molecule has 1 aromatic carbocycles. The van der Waals surface area contributed by atoms with E-state index in [1.807, 2.05) is 30.3 Å². The topological polar surface area (TPSA) is 43.8 Å². The molecule has 1 aromatic heterocycles. The third kappa shape index (κ3) is 2.64. The number of hydrogen-bond acceptors (Lipinski definition) is 2. The molecule has 0 aliphatic heterocycles. The standard InChI is InChI=1S/C16H19F2N3/c1-21-15(19)13(11-5-3-2-4-6-11)14(20-21)12-7-9-16(17,18)10-8-12/h2-6,12H,7-10,19H2,1H3. The lowest BCUT2D eigenvalue weighted by Crippen LogP contribution is -2.24. The van der Waals surface area contributed by atoms with Crippen LogP contribution in [0, 0.1) is 0 Å². The summed E-state index contributed by atoms with van der Waals surface area (Å²) in [4.78, 5) is 0. The Kier molecular flexibility index (Phi) is 3.43. The van der Waals surface area contributed by atoms with E-state index in [1.54, 1.807) is 11.7 Å². The Balaban J connectivity index is 1.98. The maximum Gasteiger partial charge on any atom is 0.248 e. The van der Waals surface area contributed by atoms with Crippen LogP contribution in [0.3, 0.4) is 0 Å². The van der Waals surface area contributed by atoms with Gasteiger partial charge in [0.1, 0.15) is 5.82 Å². The molecule has 21 heavy (non-hydrogen) atoms. The minimum atomic E-state index is -2.52. The Bertz CT molecular complexity index is 624. The number of hydrogen-bond donors (Lipinski definition) is 1. The van der Waals surface area contributed by atoms with E-state index in [9.17, 15) is 8.78 Å². The number of halogens is 2. The van der Waals surface area contributed by atoms with Crippen molar-refractivity contribution < 1.29 is 8.78 Å². The molecule has 3 rings (SSSR count). The second kappa shape index (κ2) is 5.13. The van der Waals surface area contributed by atoms with E-state index in [-0.39, 0.29) is 18.8 Å². The van der Waals surface area contributed by atoms with Crippen LogP contribution in [0.2, 0.25) is 0 Å². The molecule has 0 spiro atoms. The Morgan fingerprint density at radius 2 is 1.81 bits per heavy atom. The molecule has 0 radical (unpaired) electrons. The molecule has 0 saturated heterocycles. The largest absolute Gasteiger partial charge is 0.383 e. The first-order chi connectivity index (χ1) is 9.98. The first-order valence-electron chi connectivity index (χ1n) is 7.23. The molecule has 2 N–H and O–H groups in total. The highest BCUT2D eigenvalue weighted by Crippen LogP contribution is 2.44. The minimum absolute atomic E-state index is 0.0586. The van der Waals surface area contributed by atoms with Crippen LogP contribution in [0.1, 0.15) is 37.3 Å². The molecule has 1 aliphatic rings. The third-order valence-electron chi connectivity index (χ3n) is 4.28. The van der Waals surface area contributed by atoms with Gasteiger partial charge < -0.3 is 5.73 Å². The van der Waals surface area contributed by atoms with E-state index in [2.05, 4.69) is 5.10 Å². The van der Waals surface area contributed by atoms with Crippen LogP contribution in [0.15, 0.2) is 30.3 Å². The highest BCUT2D eigenvalue weighted by molar-refractivity contribution is 5.77. The highest BCUT2D eigenvalue weighted by atomic mass is 19.3. The Hall–Kier alpha value is -1.91. The number of rotatable bonds is 2. The second-order valence-electron chi connectivity index (χ2n) is 5.77. The summed E-state index contributed by atoms with van der Waals surface area (Å²) in [5.74, 6) is -1.87. The number of anilines is 1. The molecule has 1 aliphatic carbocycles. The summed E-state index contributed by atoms with van der Waals surface area (Å²) in [6.07, 6.45) is 0.789. The van der Waals surface area contributed by atoms with E-state index in [4.69, 9.17) is 5.73 Å². The number of nitrogens with zero attached hydrogens (tertiary/aromatic N) is 2. The summed E-state index contributed by atoms with van der Waals surface area (Å²) in [5.41, 5.74) is 8.90. The van der Waals surface area contributed by atoms with Gasteiger partial charge in [-0.3, -0.25) is 4.68 Å². The predicted octanol–water partition coefficient (Wildman–Crippen LogP) is 3.96. The normalized spacial score (nSPS) is 18.8. The van der Waals surface area contributed by atoms with Crippen molar-refractivity contribution in [2.45, 2.75) is 37.5 Å². The van der Waals surface area contributed by atoms with Gasteiger partial charge in [0.05, 0.1) is 5.69 Å². The highest BCUT2D eigenvalue weighted by Gasteiger charge is 2.37. The fourth-order valence-electron chi connectivity index (χ4n) is 3.06. The molecular weight excluding hydrogens is 272 g/mol. The van der Waals surface area contributed by atoms with Gasteiger partial charge in [0.15, 0.2) is 0 Å². The number of alkyl halides is 2. The molecular formula is C16H19F2N3. The van der Waals surface area contributed by atoms with E-state index >= 15 is 0 Å². The fraction of sp³-hybridized carbons (Fsp3) is 0.438. The van der Waals surface area contributed by atoms with Gasteiger partial charge >= 0.3 is 0 Å². The van der Waals surface area contributed by atoms with Gasteiger partial charge in [-0.15, -0.1) is 0 Å². The molecule has 0 bridgehead atoms. The average Bonchev–Trinajstić information content (AvgIpc) is 2.76. The first kappa shape index (κ1) is 14.0. The van der Waals surface area contributed by atoms with Gasteiger partial charge in [-0.05, 0) is 18.4 Å². The Labute approximate surface area is 122 Å².